The summed E-state index contributed by atoms with van der Waals surface area (Å²) in [5.74, 6) is 0.00278. The van der Waals surface area contributed by atoms with Crippen molar-refractivity contribution in [2.24, 2.45) is 0 Å². The number of rotatable bonds is 79. The highest BCUT2D eigenvalue weighted by molar-refractivity contribution is 5.76. The Kier molecular flexibility index (Phi) is 77.3. The molecule has 0 saturated heterocycles. The van der Waals surface area contributed by atoms with Gasteiger partial charge in [0.1, 0.15) is 0 Å². The van der Waals surface area contributed by atoms with E-state index < -0.39 is 12.1 Å². The van der Waals surface area contributed by atoms with Gasteiger partial charge in [-0.1, -0.05) is 450 Å². The second-order valence-corrected chi connectivity index (χ2v) is 28.8. The Balaban J connectivity index is 3.31. The second kappa shape index (κ2) is 78.3. The molecule has 0 saturated carbocycles. The molecule has 0 radical (unpaired) electrons. The molecule has 88 heavy (non-hydrogen) atoms. The molecule has 0 aliphatic rings. The third kappa shape index (κ3) is 73.9. The van der Waals surface area contributed by atoms with Gasteiger partial charge in [0.05, 0.1) is 25.4 Å². The van der Waals surface area contributed by atoms with E-state index in [2.05, 4.69) is 19.2 Å². The van der Waals surface area contributed by atoms with Crippen LogP contribution in [0.25, 0.3) is 0 Å². The lowest BCUT2D eigenvalue weighted by molar-refractivity contribution is -0.143. The van der Waals surface area contributed by atoms with E-state index in [-0.39, 0.29) is 18.5 Å². The number of amides is 1. The lowest BCUT2D eigenvalue weighted by Gasteiger charge is -2.22. The number of aliphatic hydroxyl groups excluding tert-OH is 2. The highest BCUT2D eigenvalue weighted by atomic mass is 16.5. The highest BCUT2D eigenvalue weighted by Gasteiger charge is 2.20. The lowest BCUT2D eigenvalue weighted by Crippen LogP contribution is -2.45. The van der Waals surface area contributed by atoms with Crippen molar-refractivity contribution in [2.45, 2.75) is 501 Å². The van der Waals surface area contributed by atoms with Crippen molar-refractivity contribution in [3.05, 3.63) is 0 Å². The van der Waals surface area contributed by atoms with Crippen LogP contribution in [0.4, 0.5) is 0 Å². The van der Waals surface area contributed by atoms with Crippen LogP contribution in [0.2, 0.25) is 0 Å². The largest absolute Gasteiger partial charge is 0.466 e. The number of hydrogen-bond donors (Lipinski definition) is 3. The third-order valence-electron chi connectivity index (χ3n) is 19.9. The minimum Gasteiger partial charge on any atom is -0.466 e. The fourth-order valence-corrected chi connectivity index (χ4v) is 13.6. The number of carbonyl (C=O) groups excluding carboxylic acids is 2. The van der Waals surface area contributed by atoms with Crippen LogP contribution in [0.3, 0.4) is 0 Å². The van der Waals surface area contributed by atoms with E-state index in [1.807, 2.05) is 0 Å². The fraction of sp³-hybridized carbons (Fsp3) is 0.976. The van der Waals surface area contributed by atoms with E-state index in [4.69, 9.17) is 4.74 Å². The normalized spacial score (nSPS) is 12.4. The molecule has 0 aliphatic carbocycles. The summed E-state index contributed by atoms with van der Waals surface area (Å²) in [7, 11) is 0. The number of unbranched alkanes of at least 4 members (excludes halogenated alkanes) is 68. The molecule has 0 aromatic heterocycles. The first kappa shape index (κ1) is 86.9. The van der Waals surface area contributed by atoms with Gasteiger partial charge in [0, 0.05) is 12.8 Å². The summed E-state index contributed by atoms with van der Waals surface area (Å²) in [6.07, 6.45) is 97.8. The molecule has 3 N–H and O–H groups in total. The van der Waals surface area contributed by atoms with Crippen LogP contribution >= 0.6 is 0 Å². The van der Waals surface area contributed by atoms with Gasteiger partial charge < -0.3 is 20.3 Å². The van der Waals surface area contributed by atoms with Crippen molar-refractivity contribution < 1.29 is 24.5 Å². The zero-order valence-corrected chi connectivity index (χ0v) is 60.5. The molecule has 0 aromatic carbocycles. The van der Waals surface area contributed by atoms with E-state index in [1.54, 1.807) is 0 Å². The zero-order chi connectivity index (χ0) is 63.5. The van der Waals surface area contributed by atoms with Gasteiger partial charge >= 0.3 is 5.97 Å². The minimum atomic E-state index is -0.662. The maximum Gasteiger partial charge on any atom is 0.305 e. The smallest absolute Gasteiger partial charge is 0.305 e. The van der Waals surface area contributed by atoms with E-state index in [0.717, 1.165) is 38.5 Å². The van der Waals surface area contributed by atoms with Crippen LogP contribution in [0.1, 0.15) is 489 Å². The average molecular weight is 1240 g/mol. The van der Waals surface area contributed by atoms with Crippen LogP contribution < -0.4 is 5.32 Å². The van der Waals surface area contributed by atoms with Gasteiger partial charge in [-0.05, 0) is 25.7 Å². The van der Waals surface area contributed by atoms with E-state index in [1.165, 1.54) is 417 Å². The van der Waals surface area contributed by atoms with E-state index in [9.17, 15) is 19.8 Å². The summed E-state index contributed by atoms with van der Waals surface area (Å²) in [5.41, 5.74) is 0. The molecule has 1 amide bonds. The first-order chi connectivity index (χ1) is 43.5. The molecule has 0 fully saturated rings. The monoisotopic (exact) mass is 1240 g/mol. The average Bonchev–Trinajstić information content (AvgIpc) is 3.58. The van der Waals surface area contributed by atoms with E-state index in [0.29, 0.717) is 25.9 Å². The van der Waals surface area contributed by atoms with Gasteiger partial charge in [0.25, 0.3) is 0 Å². The number of ether oxygens (including phenoxy) is 1. The minimum absolute atomic E-state index is 0.0245. The first-order valence-corrected chi connectivity index (χ1v) is 41.3. The quantitative estimate of drug-likeness (QED) is 0.0417. The van der Waals surface area contributed by atoms with Crippen LogP contribution in [0, 0.1) is 0 Å². The Morgan fingerprint density at radius 2 is 0.466 bits per heavy atom. The first-order valence-electron chi connectivity index (χ1n) is 41.3. The Morgan fingerprint density at radius 3 is 0.693 bits per heavy atom. The molecule has 6 nitrogen and oxygen atoms in total. The van der Waals surface area contributed by atoms with Gasteiger partial charge in [-0.15, -0.1) is 0 Å². The summed E-state index contributed by atoms with van der Waals surface area (Å²) >= 11 is 0. The summed E-state index contributed by atoms with van der Waals surface area (Å²) in [6.45, 7) is 5.03. The molecule has 0 rings (SSSR count). The van der Waals surface area contributed by atoms with Crippen LogP contribution in [0.5, 0.6) is 0 Å². The Bertz CT molecular complexity index is 1290. The molecule has 6 heteroatoms. The molecule has 0 aromatic rings. The molecular weight excluding hydrogens is 1080 g/mol. The number of nitrogens with one attached hydrogen (secondary N) is 1. The summed E-state index contributed by atoms with van der Waals surface area (Å²) < 4.78 is 5.53. The summed E-state index contributed by atoms with van der Waals surface area (Å²) in [4.78, 5) is 24.7. The predicted octanol–water partition coefficient (Wildman–Crippen LogP) is 27.3. The van der Waals surface area contributed by atoms with E-state index >= 15 is 0 Å². The van der Waals surface area contributed by atoms with Gasteiger partial charge in [0.2, 0.25) is 5.91 Å². The Labute approximate surface area is 553 Å². The third-order valence-corrected chi connectivity index (χ3v) is 19.9. The van der Waals surface area contributed by atoms with Gasteiger partial charge in [-0.3, -0.25) is 9.59 Å². The number of carbonyl (C=O) groups is 2. The van der Waals surface area contributed by atoms with Crippen LogP contribution in [-0.2, 0) is 14.3 Å². The molecule has 0 spiro atoms. The van der Waals surface area contributed by atoms with Crippen LogP contribution in [0.15, 0.2) is 0 Å². The molecule has 0 bridgehead atoms. The Morgan fingerprint density at radius 1 is 0.273 bits per heavy atom. The second-order valence-electron chi connectivity index (χ2n) is 28.8. The number of esters is 1. The highest BCUT2D eigenvalue weighted by Crippen LogP contribution is 2.21. The maximum absolute atomic E-state index is 12.6. The number of hydrogen-bond acceptors (Lipinski definition) is 5. The predicted molar refractivity (Wildman–Crippen MR) is 389 cm³/mol. The Hall–Kier alpha value is -1.14. The summed E-state index contributed by atoms with van der Waals surface area (Å²) in [6, 6.07) is -0.538. The van der Waals surface area contributed by atoms with Crippen molar-refractivity contribution in [2.75, 3.05) is 13.2 Å². The fourth-order valence-electron chi connectivity index (χ4n) is 13.6. The molecule has 0 aliphatic heterocycles. The molecule has 0 heterocycles. The number of aliphatic hydroxyl groups is 2. The van der Waals surface area contributed by atoms with Gasteiger partial charge in [-0.2, -0.15) is 0 Å². The van der Waals surface area contributed by atoms with Crippen molar-refractivity contribution in [3.8, 4) is 0 Å². The topological polar surface area (TPSA) is 95.9 Å². The molecule has 526 valence electrons. The molecule has 2 unspecified atom stereocenters. The van der Waals surface area contributed by atoms with Crippen molar-refractivity contribution in [1.29, 1.82) is 0 Å². The zero-order valence-electron chi connectivity index (χ0n) is 60.5. The summed E-state index contributed by atoms with van der Waals surface area (Å²) in [5, 5.41) is 23.5. The van der Waals surface area contributed by atoms with Gasteiger partial charge in [0.15, 0.2) is 0 Å². The standard InChI is InChI=1S/C82H163NO5/c1-3-5-7-9-11-13-15-17-19-21-23-35-39-42-46-50-54-58-62-66-70-74-80(85)79(78-84)83-81(86)75-71-67-63-59-55-51-47-43-40-36-33-31-29-27-25-24-26-28-30-32-34-37-41-45-49-53-57-61-65-69-73-77-88-82(87)76-72-68-64-60-56-52-48-44-38-22-20-18-16-14-12-10-8-6-4-2/h79-80,84-85H,3-78H2,1-2H3,(H,83,86). The van der Waals surface area contributed by atoms with Gasteiger partial charge in [-0.25, -0.2) is 0 Å². The van der Waals surface area contributed by atoms with Crippen molar-refractivity contribution in [3.63, 3.8) is 0 Å². The maximum atomic E-state index is 12.6. The molecular formula is C82H163NO5. The van der Waals surface area contributed by atoms with Crippen molar-refractivity contribution >= 4 is 11.9 Å². The van der Waals surface area contributed by atoms with Crippen molar-refractivity contribution in [1.82, 2.24) is 5.32 Å². The lowest BCUT2D eigenvalue weighted by atomic mass is 10.0. The van der Waals surface area contributed by atoms with Crippen LogP contribution in [-0.4, -0.2) is 47.4 Å². The molecule has 2 atom stereocenters. The SMILES string of the molecule is CCCCCCCCCCCCCCCCCCCCCCCC(O)C(CO)NC(=O)CCCCCCCCCCCCCCCCCCCCCCCCCCCCCCCCCOC(=O)CCCCCCCCCCCCCCCCCCCCC.